The highest BCUT2D eigenvalue weighted by molar-refractivity contribution is 5.83. The highest BCUT2D eigenvalue weighted by atomic mass is 16.3. The first-order valence-electron chi connectivity index (χ1n) is 10.4. The highest BCUT2D eigenvalue weighted by Crippen LogP contribution is 2.08. The van der Waals surface area contributed by atoms with Gasteiger partial charge in [-0.3, -0.25) is 4.79 Å². The van der Waals surface area contributed by atoms with E-state index >= 15 is 0 Å². The van der Waals surface area contributed by atoms with Gasteiger partial charge in [0.05, 0.1) is 12.6 Å². The minimum absolute atomic E-state index is 0.0184. The second-order valence-electron chi connectivity index (χ2n) is 6.94. The fraction of sp³-hybridized carbons (Fsp3) is 0.773. The number of nitrogens with two attached hydrogens (primary N) is 1. The molecule has 0 heterocycles. The number of ketones is 1. The lowest BCUT2D eigenvalue weighted by Gasteiger charge is -2.06. The smallest absolute Gasteiger partial charge is 0.151 e. The van der Waals surface area contributed by atoms with Crippen LogP contribution < -0.4 is 5.73 Å². The van der Waals surface area contributed by atoms with Gasteiger partial charge in [0.25, 0.3) is 0 Å². The molecule has 0 saturated heterocycles. The zero-order valence-electron chi connectivity index (χ0n) is 16.4. The number of carbonyl (C=O) groups excluding carboxylic acids is 1. The lowest BCUT2D eigenvalue weighted by molar-refractivity contribution is -0.121. The molecule has 3 N–H and O–H groups in total. The molecule has 0 aromatic rings. The quantitative estimate of drug-likeness (QED) is 0.254. The van der Waals surface area contributed by atoms with Gasteiger partial charge >= 0.3 is 0 Å². The maximum atomic E-state index is 11.4. The molecular formula is C22H41NO2. The Morgan fingerprint density at radius 3 is 1.92 bits per heavy atom. The predicted octanol–water partition coefficient (Wildman–Crippen LogP) is 5.47. The van der Waals surface area contributed by atoms with Crippen LogP contribution in [0.1, 0.15) is 96.8 Å². The van der Waals surface area contributed by atoms with Crippen molar-refractivity contribution in [2.45, 2.75) is 103 Å². The molecule has 0 bridgehead atoms. The zero-order chi connectivity index (χ0) is 18.6. The van der Waals surface area contributed by atoms with Crippen LogP contribution in [0.4, 0.5) is 0 Å². The summed E-state index contributed by atoms with van der Waals surface area (Å²) in [7, 11) is 0. The summed E-state index contributed by atoms with van der Waals surface area (Å²) in [6.07, 6.45) is 25.5. The van der Waals surface area contributed by atoms with Crippen molar-refractivity contribution >= 4 is 5.78 Å². The van der Waals surface area contributed by atoms with Gasteiger partial charge in [-0.15, -0.1) is 0 Å². The molecule has 1 atom stereocenters. The Kier molecular flexibility index (Phi) is 18.7. The number of hydrogen-bond acceptors (Lipinski definition) is 3. The van der Waals surface area contributed by atoms with Crippen molar-refractivity contribution in [3.8, 4) is 0 Å². The van der Waals surface area contributed by atoms with Gasteiger partial charge in [-0.05, 0) is 38.5 Å². The van der Waals surface area contributed by atoms with Crippen LogP contribution >= 0.6 is 0 Å². The van der Waals surface area contributed by atoms with E-state index in [9.17, 15) is 4.79 Å². The molecular weight excluding hydrogens is 310 g/mol. The maximum Gasteiger partial charge on any atom is 0.151 e. The van der Waals surface area contributed by atoms with E-state index in [4.69, 9.17) is 10.8 Å². The van der Waals surface area contributed by atoms with Crippen LogP contribution in [0.2, 0.25) is 0 Å². The summed E-state index contributed by atoms with van der Waals surface area (Å²) in [5, 5.41) is 8.79. The predicted molar refractivity (Wildman–Crippen MR) is 109 cm³/mol. The fourth-order valence-electron chi connectivity index (χ4n) is 2.75. The van der Waals surface area contributed by atoms with Crippen LogP contribution in [-0.4, -0.2) is 23.5 Å². The third kappa shape index (κ3) is 17.7. The molecule has 0 radical (unpaired) electrons. The van der Waals surface area contributed by atoms with E-state index in [0.717, 1.165) is 32.1 Å². The zero-order valence-corrected chi connectivity index (χ0v) is 16.4. The summed E-state index contributed by atoms with van der Waals surface area (Å²) in [6.45, 7) is 2.02. The van der Waals surface area contributed by atoms with Gasteiger partial charge in [0, 0.05) is 6.42 Å². The van der Waals surface area contributed by atoms with Crippen molar-refractivity contribution in [3.05, 3.63) is 24.3 Å². The Bertz CT molecular complexity index is 350. The summed E-state index contributed by atoms with van der Waals surface area (Å²) < 4.78 is 0. The van der Waals surface area contributed by atoms with Crippen molar-refractivity contribution in [1.29, 1.82) is 0 Å². The molecule has 0 rings (SSSR count). The van der Waals surface area contributed by atoms with Crippen LogP contribution in [0.3, 0.4) is 0 Å². The van der Waals surface area contributed by atoms with E-state index in [1.165, 1.54) is 51.4 Å². The minimum atomic E-state index is -0.683. The Morgan fingerprint density at radius 1 is 0.840 bits per heavy atom. The molecule has 1 unspecified atom stereocenters. The topological polar surface area (TPSA) is 63.3 Å². The first-order valence-corrected chi connectivity index (χ1v) is 10.4. The lowest BCUT2D eigenvalue weighted by atomic mass is 10.1. The average Bonchev–Trinajstić information content (AvgIpc) is 2.63. The maximum absolute atomic E-state index is 11.4. The summed E-state index contributed by atoms with van der Waals surface area (Å²) in [5.74, 6) is -0.0184. The van der Waals surface area contributed by atoms with E-state index in [-0.39, 0.29) is 12.4 Å². The van der Waals surface area contributed by atoms with Crippen LogP contribution in [0, 0.1) is 0 Å². The van der Waals surface area contributed by atoms with Crippen molar-refractivity contribution in [3.63, 3.8) is 0 Å². The van der Waals surface area contributed by atoms with Gasteiger partial charge in [-0.1, -0.05) is 76.2 Å². The molecule has 25 heavy (non-hydrogen) atoms. The molecule has 0 aliphatic heterocycles. The number of aliphatic hydroxyl groups excluding tert-OH is 1. The molecule has 3 heteroatoms. The third-order valence-corrected chi connectivity index (χ3v) is 4.48. The van der Waals surface area contributed by atoms with Crippen LogP contribution in [-0.2, 0) is 4.79 Å². The first kappa shape index (κ1) is 24.1. The monoisotopic (exact) mass is 351 g/mol. The average molecular weight is 352 g/mol. The molecule has 0 aliphatic rings. The van der Waals surface area contributed by atoms with Crippen LogP contribution in [0.15, 0.2) is 24.3 Å². The molecule has 0 aliphatic carbocycles. The van der Waals surface area contributed by atoms with E-state index < -0.39 is 6.04 Å². The number of aliphatic hydroxyl groups is 1. The SMILES string of the molecule is CCCCCCCC/C=C/C/C=C/CCCCCCC(=O)C(N)CO. The molecule has 0 amide bonds. The van der Waals surface area contributed by atoms with Crippen molar-refractivity contribution in [2.75, 3.05) is 6.61 Å². The summed E-state index contributed by atoms with van der Waals surface area (Å²) in [4.78, 5) is 11.4. The highest BCUT2D eigenvalue weighted by Gasteiger charge is 2.10. The molecule has 146 valence electrons. The van der Waals surface area contributed by atoms with Crippen LogP contribution in [0.5, 0.6) is 0 Å². The molecule has 3 nitrogen and oxygen atoms in total. The van der Waals surface area contributed by atoms with Gasteiger partial charge in [0.2, 0.25) is 0 Å². The molecule has 0 fully saturated rings. The normalized spacial score (nSPS) is 13.1. The Labute approximate surface area is 155 Å². The van der Waals surface area contributed by atoms with Gasteiger partial charge in [0.1, 0.15) is 0 Å². The summed E-state index contributed by atoms with van der Waals surface area (Å²) >= 11 is 0. The van der Waals surface area contributed by atoms with E-state index in [0.29, 0.717) is 6.42 Å². The largest absolute Gasteiger partial charge is 0.394 e. The van der Waals surface area contributed by atoms with Crippen molar-refractivity contribution < 1.29 is 9.90 Å². The number of allylic oxidation sites excluding steroid dienone is 4. The number of Topliss-reactive ketones (excluding diaryl/α,β-unsaturated/α-hetero) is 1. The van der Waals surface area contributed by atoms with Crippen molar-refractivity contribution in [1.82, 2.24) is 0 Å². The molecule has 0 aromatic heterocycles. The molecule has 0 spiro atoms. The number of carbonyl (C=O) groups is 1. The Balaban J connectivity index is 3.30. The summed E-state index contributed by atoms with van der Waals surface area (Å²) in [6, 6.07) is -0.683. The lowest BCUT2D eigenvalue weighted by Crippen LogP contribution is -2.33. The third-order valence-electron chi connectivity index (χ3n) is 4.48. The number of hydrogen-bond donors (Lipinski definition) is 2. The fourth-order valence-corrected chi connectivity index (χ4v) is 2.75. The van der Waals surface area contributed by atoms with Gasteiger partial charge < -0.3 is 10.8 Å². The van der Waals surface area contributed by atoms with E-state index in [1.807, 2.05) is 0 Å². The summed E-state index contributed by atoms with van der Waals surface area (Å²) in [5.41, 5.74) is 5.47. The van der Waals surface area contributed by atoms with E-state index in [2.05, 4.69) is 31.2 Å². The van der Waals surface area contributed by atoms with Crippen LogP contribution in [0.25, 0.3) is 0 Å². The van der Waals surface area contributed by atoms with E-state index in [1.54, 1.807) is 0 Å². The van der Waals surface area contributed by atoms with Gasteiger partial charge in [-0.25, -0.2) is 0 Å². The van der Waals surface area contributed by atoms with Gasteiger partial charge in [0.15, 0.2) is 5.78 Å². The van der Waals surface area contributed by atoms with Gasteiger partial charge in [-0.2, -0.15) is 0 Å². The molecule has 0 saturated carbocycles. The Morgan fingerprint density at radius 2 is 1.36 bits per heavy atom. The number of rotatable bonds is 18. The van der Waals surface area contributed by atoms with Crippen molar-refractivity contribution in [2.24, 2.45) is 5.73 Å². The second kappa shape index (κ2) is 19.4. The second-order valence-corrected chi connectivity index (χ2v) is 6.94. The first-order chi connectivity index (χ1) is 12.2. The number of unbranched alkanes of at least 4 members (excludes halogenated alkanes) is 10. The standard InChI is InChI=1S/C22H41NO2/c1-2-3-4-5-6-7-8-9-10-11-12-13-14-15-16-17-18-19-22(25)21(23)20-24/h9-10,12-13,21,24H,2-8,11,14-20,23H2,1H3/b10-9+,13-12+. The minimum Gasteiger partial charge on any atom is -0.394 e. The Hall–Kier alpha value is -0.930. The molecule has 0 aromatic carbocycles.